The van der Waals surface area contributed by atoms with Crippen molar-refractivity contribution in [3.63, 3.8) is 0 Å². The van der Waals surface area contributed by atoms with E-state index in [9.17, 15) is 0 Å². The van der Waals surface area contributed by atoms with Crippen LogP contribution in [0.1, 0.15) is 35.4 Å². The van der Waals surface area contributed by atoms with Gasteiger partial charge in [0.2, 0.25) is 0 Å². The number of nitrogens with zero attached hydrogens (tertiary/aromatic N) is 2. The third-order valence-corrected chi connectivity index (χ3v) is 7.65. The number of rotatable bonds is 8. The van der Waals surface area contributed by atoms with E-state index in [1.807, 2.05) is 30.3 Å². The van der Waals surface area contributed by atoms with Crippen molar-refractivity contribution < 1.29 is 9.47 Å². The summed E-state index contributed by atoms with van der Waals surface area (Å²) in [6.07, 6.45) is 0. The third-order valence-electron chi connectivity index (χ3n) is 7.65. The number of aryl methyl sites for hydroxylation is 1. The van der Waals surface area contributed by atoms with Crippen molar-refractivity contribution in [2.75, 3.05) is 40.4 Å². The van der Waals surface area contributed by atoms with Gasteiger partial charge in [0, 0.05) is 54.5 Å². The fourth-order valence-electron chi connectivity index (χ4n) is 5.87. The SMILES string of the molecule is COc1ccccc1C(c1ccccc1OC)C(C)(c1nc(-c2ccccc2)[nH]c1C)N1CCNCC1. The highest BCUT2D eigenvalue weighted by molar-refractivity contribution is 5.57. The van der Waals surface area contributed by atoms with Gasteiger partial charge in [-0.15, -0.1) is 0 Å². The van der Waals surface area contributed by atoms with E-state index in [0.29, 0.717) is 0 Å². The van der Waals surface area contributed by atoms with E-state index in [1.165, 1.54) is 0 Å². The van der Waals surface area contributed by atoms with Crippen LogP contribution in [0.5, 0.6) is 11.5 Å². The zero-order valence-corrected chi connectivity index (χ0v) is 22.1. The smallest absolute Gasteiger partial charge is 0.137 e. The molecule has 6 heteroatoms. The standard InChI is InChI=1S/C31H36N4O2/c1-22-29(34-30(33-22)23-12-6-5-7-13-23)31(2,35-20-18-32-19-21-35)28(24-14-8-10-16-26(24)36-3)25-15-9-11-17-27(25)37-4/h5-17,28,32H,18-21H2,1-4H3,(H,33,34). The summed E-state index contributed by atoms with van der Waals surface area (Å²) in [7, 11) is 3.49. The zero-order chi connectivity index (χ0) is 25.8. The lowest BCUT2D eigenvalue weighted by molar-refractivity contribution is 0.0660. The van der Waals surface area contributed by atoms with Gasteiger partial charge < -0.3 is 19.8 Å². The topological polar surface area (TPSA) is 62.4 Å². The lowest BCUT2D eigenvalue weighted by Crippen LogP contribution is -2.56. The Bertz CT molecular complexity index is 1280. The number of para-hydroxylation sites is 2. The number of H-pyrrole nitrogens is 1. The van der Waals surface area contributed by atoms with Crippen LogP contribution in [0.3, 0.4) is 0 Å². The van der Waals surface area contributed by atoms with Gasteiger partial charge in [0.05, 0.1) is 25.5 Å². The second-order valence-electron chi connectivity index (χ2n) is 9.73. The predicted octanol–water partition coefficient (Wildman–Crippen LogP) is 5.35. The Hall–Kier alpha value is -3.61. The molecule has 0 aliphatic carbocycles. The lowest BCUT2D eigenvalue weighted by atomic mass is 9.71. The van der Waals surface area contributed by atoms with E-state index in [-0.39, 0.29) is 5.92 Å². The van der Waals surface area contributed by atoms with Crippen LogP contribution in [-0.2, 0) is 5.54 Å². The van der Waals surface area contributed by atoms with Crippen LogP contribution in [0.25, 0.3) is 11.4 Å². The molecule has 4 aromatic rings. The number of ether oxygens (including phenoxy) is 2. The van der Waals surface area contributed by atoms with Gasteiger partial charge in [-0.1, -0.05) is 66.7 Å². The summed E-state index contributed by atoms with van der Waals surface area (Å²) in [5.74, 6) is 2.49. The highest BCUT2D eigenvalue weighted by Crippen LogP contribution is 2.51. The lowest BCUT2D eigenvalue weighted by Gasteiger charge is -2.48. The van der Waals surface area contributed by atoms with Gasteiger partial charge in [-0.25, -0.2) is 4.98 Å². The molecule has 5 rings (SSSR count). The highest BCUT2D eigenvalue weighted by atomic mass is 16.5. The Kier molecular flexibility index (Phi) is 7.31. The van der Waals surface area contributed by atoms with Gasteiger partial charge in [0.25, 0.3) is 0 Å². The van der Waals surface area contributed by atoms with Crippen LogP contribution >= 0.6 is 0 Å². The number of piperazine rings is 1. The first kappa shape index (κ1) is 25.1. The summed E-state index contributed by atoms with van der Waals surface area (Å²) in [4.78, 5) is 11.5. The van der Waals surface area contributed by atoms with Crippen LogP contribution in [-0.4, -0.2) is 55.3 Å². The van der Waals surface area contributed by atoms with Crippen molar-refractivity contribution in [1.29, 1.82) is 0 Å². The first-order valence-corrected chi connectivity index (χ1v) is 12.9. The van der Waals surface area contributed by atoms with Crippen molar-refractivity contribution in [3.8, 4) is 22.9 Å². The molecule has 192 valence electrons. The number of aromatic nitrogens is 2. The summed E-state index contributed by atoms with van der Waals surface area (Å²) >= 11 is 0. The van der Waals surface area contributed by atoms with Gasteiger partial charge in [-0.05, 0) is 26.0 Å². The molecule has 3 aromatic carbocycles. The molecule has 0 amide bonds. The number of benzene rings is 3. The zero-order valence-electron chi connectivity index (χ0n) is 22.1. The quantitative estimate of drug-likeness (QED) is 0.344. The minimum Gasteiger partial charge on any atom is -0.496 e. The minimum absolute atomic E-state index is 0.108. The van der Waals surface area contributed by atoms with Crippen molar-refractivity contribution >= 4 is 0 Å². The first-order valence-electron chi connectivity index (χ1n) is 12.9. The maximum atomic E-state index is 5.94. The van der Waals surface area contributed by atoms with E-state index in [1.54, 1.807) is 14.2 Å². The van der Waals surface area contributed by atoms with Crippen LogP contribution in [0, 0.1) is 6.92 Å². The monoisotopic (exact) mass is 496 g/mol. The van der Waals surface area contributed by atoms with Gasteiger partial charge in [-0.3, -0.25) is 4.90 Å². The molecule has 1 unspecified atom stereocenters. The Balaban J connectivity index is 1.79. The molecule has 6 nitrogen and oxygen atoms in total. The first-order chi connectivity index (χ1) is 18.1. The average molecular weight is 497 g/mol. The van der Waals surface area contributed by atoms with Crippen LogP contribution in [0.2, 0.25) is 0 Å². The Morgan fingerprint density at radius 2 is 1.35 bits per heavy atom. The maximum absolute atomic E-state index is 5.94. The number of nitrogens with one attached hydrogen (secondary N) is 2. The van der Waals surface area contributed by atoms with E-state index in [2.05, 4.69) is 77.6 Å². The molecule has 0 saturated carbocycles. The van der Waals surface area contributed by atoms with E-state index in [4.69, 9.17) is 14.5 Å². The third kappa shape index (κ3) is 4.63. The van der Waals surface area contributed by atoms with Crippen molar-refractivity contribution in [3.05, 3.63) is 101 Å². The molecule has 2 N–H and O–H groups in total. The number of hydrogen-bond acceptors (Lipinski definition) is 5. The van der Waals surface area contributed by atoms with E-state index in [0.717, 1.165) is 71.6 Å². The number of imidazole rings is 1. The molecule has 2 heterocycles. The van der Waals surface area contributed by atoms with Gasteiger partial charge in [-0.2, -0.15) is 0 Å². The molecule has 1 saturated heterocycles. The van der Waals surface area contributed by atoms with E-state index >= 15 is 0 Å². The molecule has 37 heavy (non-hydrogen) atoms. The molecular formula is C31H36N4O2. The number of aromatic amines is 1. The number of hydrogen-bond donors (Lipinski definition) is 2. The summed E-state index contributed by atoms with van der Waals surface area (Å²) in [5, 5.41) is 3.53. The molecule has 1 aromatic heterocycles. The number of methoxy groups -OCH3 is 2. The van der Waals surface area contributed by atoms with Gasteiger partial charge >= 0.3 is 0 Å². The summed E-state index contributed by atoms with van der Waals surface area (Å²) in [5.41, 5.74) is 4.90. The molecule has 0 spiro atoms. The molecule has 1 aliphatic heterocycles. The van der Waals surface area contributed by atoms with Crippen LogP contribution < -0.4 is 14.8 Å². The Morgan fingerprint density at radius 1 is 0.811 bits per heavy atom. The molecule has 1 atom stereocenters. The fraction of sp³-hybridized carbons (Fsp3) is 0.323. The van der Waals surface area contributed by atoms with Crippen LogP contribution in [0.4, 0.5) is 0 Å². The average Bonchev–Trinajstić information content (AvgIpc) is 3.36. The highest BCUT2D eigenvalue weighted by Gasteiger charge is 2.48. The van der Waals surface area contributed by atoms with Crippen molar-refractivity contribution in [2.24, 2.45) is 0 Å². The molecule has 1 aliphatic rings. The summed E-state index contributed by atoms with van der Waals surface area (Å²) in [6, 6.07) is 27.0. The Morgan fingerprint density at radius 3 is 1.92 bits per heavy atom. The summed E-state index contributed by atoms with van der Waals surface area (Å²) < 4.78 is 11.9. The minimum atomic E-state index is -0.501. The molecule has 1 fully saturated rings. The maximum Gasteiger partial charge on any atom is 0.137 e. The Labute approximate surface area is 219 Å². The normalized spacial score (nSPS) is 15.9. The summed E-state index contributed by atoms with van der Waals surface area (Å²) in [6.45, 7) is 8.13. The van der Waals surface area contributed by atoms with Gasteiger partial charge in [0.15, 0.2) is 0 Å². The van der Waals surface area contributed by atoms with Crippen LogP contribution in [0.15, 0.2) is 78.9 Å². The largest absolute Gasteiger partial charge is 0.496 e. The van der Waals surface area contributed by atoms with Gasteiger partial charge in [0.1, 0.15) is 17.3 Å². The molecule has 0 radical (unpaired) electrons. The van der Waals surface area contributed by atoms with E-state index < -0.39 is 5.54 Å². The molecule has 0 bridgehead atoms. The second kappa shape index (κ2) is 10.8. The fourth-order valence-corrected chi connectivity index (χ4v) is 5.87. The second-order valence-corrected chi connectivity index (χ2v) is 9.73. The predicted molar refractivity (Wildman–Crippen MR) is 148 cm³/mol. The molecular weight excluding hydrogens is 460 g/mol. The van der Waals surface area contributed by atoms with Crippen molar-refractivity contribution in [1.82, 2.24) is 20.2 Å². The van der Waals surface area contributed by atoms with Crippen molar-refractivity contribution in [2.45, 2.75) is 25.3 Å².